The van der Waals surface area contributed by atoms with Crippen molar-refractivity contribution in [1.82, 2.24) is 9.55 Å². The lowest BCUT2D eigenvalue weighted by Gasteiger charge is -2.14. The zero-order chi connectivity index (χ0) is 21.5. The molecule has 0 spiro atoms. The number of aryl methyl sites for hydroxylation is 1. The number of halogens is 1. The number of amides is 1. The number of benzene rings is 2. The molecule has 1 amide bonds. The van der Waals surface area contributed by atoms with Gasteiger partial charge < -0.3 is 10.1 Å². The van der Waals surface area contributed by atoms with Crippen LogP contribution in [0.5, 0.6) is 0 Å². The largest absolute Gasteiger partial charge is 0.385 e. The number of carbonyl (C=O) groups is 1. The van der Waals surface area contributed by atoms with Gasteiger partial charge in [0.1, 0.15) is 0 Å². The van der Waals surface area contributed by atoms with E-state index in [0.717, 1.165) is 17.7 Å². The second-order valence-corrected chi connectivity index (χ2v) is 8.09. The Bertz CT molecular complexity index is 1100. The highest BCUT2D eigenvalue weighted by Crippen LogP contribution is 2.22. The highest BCUT2D eigenvalue weighted by atomic mass is 35.5. The molecule has 1 heterocycles. The Morgan fingerprint density at radius 3 is 2.83 bits per heavy atom. The fraction of sp³-hybridized carbons (Fsp3) is 0.318. The second kappa shape index (κ2) is 10.6. The van der Waals surface area contributed by atoms with E-state index in [9.17, 15) is 9.59 Å². The number of hydrogen-bond acceptors (Lipinski definition) is 5. The number of carbonyl (C=O) groups excluding carboxylic acids is 1. The van der Waals surface area contributed by atoms with Crippen molar-refractivity contribution >= 4 is 45.9 Å². The number of nitrogens with one attached hydrogen (secondary N) is 1. The first-order valence-corrected chi connectivity index (χ1v) is 11.1. The Kier molecular flexibility index (Phi) is 7.90. The molecule has 0 saturated heterocycles. The van der Waals surface area contributed by atoms with Crippen molar-refractivity contribution in [2.24, 2.45) is 0 Å². The van der Waals surface area contributed by atoms with E-state index in [1.165, 1.54) is 11.8 Å². The molecular formula is C22H24ClN3O3S. The molecule has 0 aliphatic heterocycles. The van der Waals surface area contributed by atoms with Crippen molar-refractivity contribution in [1.29, 1.82) is 0 Å². The molecule has 2 aromatic carbocycles. The summed E-state index contributed by atoms with van der Waals surface area (Å²) < 4.78 is 6.71. The molecule has 6 nitrogen and oxygen atoms in total. The maximum absolute atomic E-state index is 13.0. The summed E-state index contributed by atoms with van der Waals surface area (Å²) in [6.07, 6.45) is 1.50. The van der Waals surface area contributed by atoms with E-state index in [1.54, 1.807) is 29.9 Å². The van der Waals surface area contributed by atoms with Gasteiger partial charge in [-0.1, -0.05) is 48.5 Å². The van der Waals surface area contributed by atoms with Crippen LogP contribution in [-0.2, 0) is 22.5 Å². The number of methoxy groups -OCH3 is 1. The summed E-state index contributed by atoms with van der Waals surface area (Å²) in [6, 6.07) is 12.7. The molecule has 0 bridgehead atoms. The van der Waals surface area contributed by atoms with Crippen LogP contribution in [0.1, 0.15) is 18.9 Å². The first kappa shape index (κ1) is 22.3. The van der Waals surface area contributed by atoms with Crippen molar-refractivity contribution in [2.75, 3.05) is 24.8 Å². The van der Waals surface area contributed by atoms with Gasteiger partial charge in [-0.3, -0.25) is 14.2 Å². The molecule has 1 N–H and O–H groups in total. The van der Waals surface area contributed by atoms with Crippen molar-refractivity contribution in [3.8, 4) is 0 Å². The lowest BCUT2D eigenvalue weighted by molar-refractivity contribution is -0.113. The van der Waals surface area contributed by atoms with E-state index < -0.39 is 0 Å². The lowest BCUT2D eigenvalue weighted by atomic mass is 10.1. The van der Waals surface area contributed by atoms with Crippen LogP contribution in [0.2, 0.25) is 5.02 Å². The molecule has 0 saturated carbocycles. The van der Waals surface area contributed by atoms with Crippen LogP contribution in [-0.4, -0.2) is 34.9 Å². The van der Waals surface area contributed by atoms with Crippen molar-refractivity contribution in [2.45, 2.75) is 31.5 Å². The second-order valence-electron chi connectivity index (χ2n) is 6.71. The predicted octanol–water partition coefficient (Wildman–Crippen LogP) is 4.38. The topological polar surface area (TPSA) is 73.2 Å². The van der Waals surface area contributed by atoms with Crippen molar-refractivity contribution in [3.63, 3.8) is 0 Å². The first-order chi connectivity index (χ1) is 14.5. The third kappa shape index (κ3) is 5.41. The zero-order valence-corrected chi connectivity index (χ0v) is 18.6. The molecule has 0 unspecified atom stereocenters. The van der Waals surface area contributed by atoms with Gasteiger partial charge in [0.05, 0.1) is 16.7 Å². The van der Waals surface area contributed by atoms with Crippen LogP contribution in [0.4, 0.5) is 5.69 Å². The van der Waals surface area contributed by atoms with Gasteiger partial charge >= 0.3 is 0 Å². The van der Waals surface area contributed by atoms with Crippen LogP contribution < -0.4 is 10.9 Å². The van der Waals surface area contributed by atoms with Crippen molar-refractivity contribution in [3.05, 3.63) is 63.4 Å². The Morgan fingerprint density at radius 1 is 1.27 bits per heavy atom. The number of nitrogens with zero attached hydrogens (tertiary/aromatic N) is 2. The summed E-state index contributed by atoms with van der Waals surface area (Å²) in [7, 11) is 1.62. The van der Waals surface area contributed by atoms with Crippen molar-refractivity contribution < 1.29 is 9.53 Å². The minimum absolute atomic E-state index is 0.140. The number of para-hydroxylation sites is 1. The van der Waals surface area contributed by atoms with Crippen LogP contribution in [0, 0.1) is 0 Å². The number of fused-ring (bicyclic) bond motifs is 1. The summed E-state index contributed by atoms with van der Waals surface area (Å²) in [6.45, 7) is 3.03. The molecule has 0 aliphatic carbocycles. The van der Waals surface area contributed by atoms with Gasteiger partial charge in [-0.05, 0) is 42.7 Å². The van der Waals surface area contributed by atoms with E-state index in [2.05, 4.69) is 10.3 Å². The van der Waals surface area contributed by atoms with Crippen LogP contribution in [0.25, 0.3) is 10.9 Å². The van der Waals surface area contributed by atoms with Crippen LogP contribution in [0.3, 0.4) is 0 Å². The first-order valence-electron chi connectivity index (χ1n) is 9.73. The number of thioether (sulfide) groups is 1. The summed E-state index contributed by atoms with van der Waals surface area (Å²) in [5.74, 6) is -0.00863. The fourth-order valence-corrected chi connectivity index (χ4v) is 4.11. The number of rotatable bonds is 9. The molecular weight excluding hydrogens is 422 g/mol. The zero-order valence-electron chi connectivity index (χ0n) is 17.0. The Hall–Kier alpha value is -2.35. The minimum atomic E-state index is -0.148. The summed E-state index contributed by atoms with van der Waals surface area (Å²) in [4.78, 5) is 30.1. The summed E-state index contributed by atoms with van der Waals surface area (Å²) >= 11 is 7.31. The average Bonchev–Trinajstić information content (AvgIpc) is 2.74. The summed E-state index contributed by atoms with van der Waals surface area (Å²) in [5, 5.41) is 4.45. The van der Waals surface area contributed by atoms with Gasteiger partial charge in [-0.25, -0.2) is 4.98 Å². The van der Waals surface area contributed by atoms with Gasteiger partial charge in [0, 0.05) is 31.0 Å². The van der Waals surface area contributed by atoms with Gasteiger partial charge in [-0.2, -0.15) is 0 Å². The monoisotopic (exact) mass is 445 g/mol. The highest BCUT2D eigenvalue weighted by molar-refractivity contribution is 7.99. The molecule has 0 atom stereocenters. The SMILES string of the molecule is CCc1ccccc1NC(=O)CSc1nc2cc(Cl)ccc2c(=O)n1CCCOC. The van der Waals surface area contributed by atoms with Gasteiger partial charge in [0.15, 0.2) is 5.16 Å². The van der Waals surface area contributed by atoms with E-state index >= 15 is 0 Å². The molecule has 0 aliphatic rings. The van der Waals surface area contributed by atoms with Gasteiger partial charge in [0.2, 0.25) is 5.91 Å². The number of aromatic nitrogens is 2. The molecule has 30 heavy (non-hydrogen) atoms. The summed E-state index contributed by atoms with van der Waals surface area (Å²) in [5.41, 5.74) is 2.26. The smallest absolute Gasteiger partial charge is 0.262 e. The minimum Gasteiger partial charge on any atom is -0.385 e. The Morgan fingerprint density at radius 2 is 2.07 bits per heavy atom. The molecule has 1 aromatic heterocycles. The number of hydrogen-bond donors (Lipinski definition) is 1. The van der Waals surface area contributed by atoms with Crippen LogP contribution in [0.15, 0.2) is 52.4 Å². The Balaban J connectivity index is 1.83. The number of anilines is 1. The maximum atomic E-state index is 13.0. The molecule has 0 fully saturated rings. The maximum Gasteiger partial charge on any atom is 0.262 e. The fourth-order valence-electron chi connectivity index (χ4n) is 3.12. The lowest BCUT2D eigenvalue weighted by Crippen LogP contribution is -2.25. The third-order valence-electron chi connectivity index (χ3n) is 4.62. The van der Waals surface area contributed by atoms with E-state index in [0.29, 0.717) is 40.7 Å². The normalized spacial score (nSPS) is 11.0. The van der Waals surface area contributed by atoms with E-state index in [-0.39, 0.29) is 17.2 Å². The molecule has 8 heteroatoms. The van der Waals surface area contributed by atoms with Gasteiger partial charge in [0.25, 0.3) is 5.56 Å². The molecule has 158 valence electrons. The highest BCUT2D eigenvalue weighted by Gasteiger charge is 2.14. The van der Waals surface area contributed by atoms with Gasteiger partial charge in [-0.15, -0.1) is 0 Å². The predicted molar refractivity (Wildman–Crippen MR) is 123 cm³/mol. The quantitative estimate of drug-likeness (QED) is 0.300. The molecule has 3 aromatic rings. The van der Waals surface area contributed by atoms with E-state index in [4.69, 9.17) is 16.3 Å². The standard InChI is InChI=1S/C22H24ClN3O3S/c1-3-15-7-4-5-8-18(15)24-20(27)14-30-22-25-19-13-16(23)9-10-17(19)21(28)26(22)11-6-12-29-2/h4-5,7-10,13H,3,6,11-12,14H2,1-2H3,(H,24,27). The van der Waals surface area contributed by atoms with E-state index in [1.807, 2.05) is 31.2 Å². The third-order valence-corrected chi connectivity index (χ3v) is 5.83. The Labute approximate surface area is 184 Å². The van der Waals surface area contributed by atoms with Crippen LogP contribution >= 0.6 is 23.4 Å². The number of ether oxygens (including phenoxy) is 1. The average molecular weight is 446 g/mol. The molecule has 0 radical (unpaired) electrons. The molecule has 3 rings (SSSR count).